The highest BCUT2D eigenvalue weighted by molar-refractivity contribution is 6.07. The predicted molar refractivity (Wildman–Crippen MR) is 91.6 cm³/mol. The molecule has 0 bridgehead atoms. The second-order valence-electron chi connectivity index (χ2n) is 6.68. The highest BCUT2D eigenvalue weighted by Crippen LogP contribution is 2.45. The Labute approximate surface area is 155 Å². The largest absolute Gasteiger partial charge is 0.430 e. The Morgan fingerprint density at radius 1 is 0.852 bits per heavy atom. The summed E-state index contributed by atoms with van der Waals surface area (Å²) in [6, 6.07) is 0. The van der Waals surface area contributed by atoms with Gasteiger partial charge in [0, 0.05) is 19.4 Å². The van der Waals surface area contributed by atoms with Crippen LogP contribution in [0.3, 0.4) is 0 Å². The summed E-state index contributed by atoms with van der Waals surface area (Å²) >= 11 is 0. The third kappa shape index (κ3) is 3.32. The SMILES string of the molecule is CC(=O)OC1=CC=CC2C(=O)C3C=C(C(C)=O)C=C(OC(C)=O)C3C(=O)C12. The van der Waals surface area contributed by atoms with Crippen LogP contribution < -0.4 is 0 Å². The molecule has 27 heavy (non-hydrogen) atoms. The highest BCUT2D eigenvalue weighted by atomic mass is 16.5. The first kappa shape index (κ1) is 18.7. The van der Waals surface area contributed by atoms with E-state index in [9.17, 15) is 24.0 Å². The molecule has 0 spiro atoms. The Balaban J connectivity index is 2.07. The van der Waals surface area contributed by atoms with E-state index >= 15 is 0 Å². The summed E-state index contributed by atoms with van der Waals surface area (Å²) in [4.78, 5) is 61.0. The van der Waals surface area contributed by atoms with Crippen molar-refractivity contribution in [3.63, 3.8) is 0 Å². The van der Waals surface area contributed by atoms with E-state index in [0.29, 0.717) is 0 Å². The van der Waals surface area contributed by atoms with Gasteiger partial charge in [-0.1, -0.05) is 18.2 Å². The second-order valence-corrected chi connectivity index (χ2v) is 6.68. The van der Waals surface area contributed by atoms with Crippen LogP contribution in [0.5, 0.6) is 0 Å². The molecule has 0 saturated heterocycles. The minimum atomic E-state index is -1.05. The van der Waals surface area contributed by atoms with Gasteiger partial charge >= 0.3 is 11.9 Å². The summed E-state index contributed by atoms with van der Waals surface area (Å²) in [7, 11) is 0. The summed E-state index contributed by atoms with van der Waals surface area (Å²) in [5.41, 5.74) is 0.211. The zero-order chi connectivity index (χ0) is 19.9. The quantitative estimate of drug-likeness (QED) is 0.695. The lowest BCUT2D eigenvalue weighted by atomic mass is 9.62. The van der Waals surface area contributed by atoms with Gasteiger partial charge in [0.05, 0.1) is 23.7 Å². The van der Waals surface area contributed by atoms with Gasteiger partial charge in [-0.15, -0.1) is 0 Å². The Kier molecular flexibility index (Phi) is 4.78. The van der Waals surface area contributed by atoms with E-state index in [1.807, 2.05) is 0 Å². The van der Waals surface area contributed by atoms with Crippen LogP contribution in [-0.4, -0.2) is 29.3 Å². The normalized spacial score (nSPS) is 28.9. The number of hydrogen-bond acceptors (Lipinski definition) is 7. The zero-order valence-electron chi connectivity index (χ0n) is 15.1. The van der Waals surface area contributed by atoms with Crippen LogP contribution in [0, 0.1) is 23.7 Å². The maximum absolute atomic E-state index is 13.2. The fourth-order valence-electron chi connectivity index (χ4n) is 3.72. The fraction of sp³-hybridized carbons (Fsp3) is 0.350. The van der Waals surface area contributed by atoms with Crippen molar-refractivity contribution < 1.29 is 33.4 Å². The molecule has 0 aliphatic heterocycles. The third-order valence-electron chi connectivity index (χ3n) is 4.77. The molecule has 3 aliphatic rings. The van der Waals surface area contributed by atoms with Crippen LogP contribution in [0.1, 0.15) is 20.8 Å². The summed E-state index contributed by atoms with van der Waals surface area (Å²) in [6.07, 6.45) is 7.40. The lowest BCUT2D eigenvalue weighted by Crippen LogP contribution is -2.50. The van der Waals surface area contributed by atoms with E-state index in [2.05, 4.69) is 0 Å². The van der Waals surface area contributed by atoms with Crippen LogP contribution >= 0.6 is 0 Å². The first-order valence-electron chi connectivity index (χ1n) is 8.47. The monoisotopic (exact) mass is 370 g/mol. The van der Waals surface area contributed by atoms with Gasteiger partial charge in [0.25, 0.3) is 0 Å². The van der Waals surface area contributed by atoms with Crippen molar-refractivity contribution in [3.8, 4) is 0 Å². The van der Waals surface area contributed by atoms with Gasteiger partial charge in [-0.25, -0.2) is 0 Å². The van der Waals surface area contributed by atoms with Gasteiger partial charge < -0.3 is 9.47 Å². The predicted octanol–water partition coefficient (Wildman–Crippen LogP) is 1.60. The van der Waals surface area contributed by atoms with Gasteiger partial charge in [0.1, 0.15) is 17.3 Å². The number of esters is 2. The Bertz CT molecular complexity index is 884. The molecule has 0 aromatic rings. The molecule has 0 amide bonds. The van der Waals surface area contributed by atoms with Crippen LogP contribution in [0.15, 0.2) is 47.5 Å². The van der Waals surface area contributed by atoms with Crippen molar-refractivity contribution in [3.05, 3.63) is 47.5 Å². The van der Waals surface area contributed by atoms with Crippen LogP contribution in [0.2, 0.25) is 0 Å². The number of carbonyl (C=O) groups excluding carboxylic acids is 5. The van der Waals surface area contributed by atoms with E-state index in [0.717, 1.165) is 0 Å². The minimum absolute atomic E-state index is 0.0336. The number of hydrogen-bond donors (Lipinski definition) is 0. The van der Waals surface area contributed by atoms with E-state index in [1.165, 1.54) is 39.0 Å². The smallest absolute Gasteiger partial charge is 0.307 e. The molecule has 0 N–H and O–H groups in total. The van der Waals surface area contributed by atoms with Crippen molar-refractivity contribution in [2.45, 2.75) is 20.8 Å². The molecule has 0 aromatic heterocycles. The van der Waals surface area contributed by atoms with Crippen molar-refractivity contribution in [1.29, 1.82) is 0 Å². The standard InChI is InChI=1S/C20H18O7/c1-9(21)12-7-14-18(16(8-12)27-11(3)23)20(25)17-13(19(14)24)5-4-6-15(17)26-10(2)22/h4-8,13-14,17-18H,1-3H3. The molecule has 0 radical (unpaired) electrons. The number of fused-ring (bicyclic) bond motifs is 2. The molecular weight excluding hydrogens is 352 g/mol. The number of ether oxygens (including phenoxy) is 2. The van der Waals surface area contributed by atoms with Gasteiger partial charge in [-0.05, 0) is 19.1 Å². The number of Topliss-reactive ketones (excluding diaryl/α,β-unsaturated/α-hetero) is 3. The number of ketones is 3. The van der Waals surface area contributed by atoms with Crippen LogP contribution in [0.25, 0.3) is 0 Å². The average molecular weight is 370 g/mol. The molecule has 7 nitrogen and oxygen atoms in total. The summed E-state index contributed by atoms with van der Waals surface area (Å²) < 4.78 is 10.3. The summed E-state index contributed by atoms with van der Waals surface area (Å²) in [5.74, 6) is -5.94. The van der Waals surface area contributed by atoms with E-state index < -0.39 is 41.4 Å². The van der Waals surface area contributed by atoms with Crippen molar-refractivity contribution in [2.75, 3.05) is 0 Å². The number of allylic oxidation sites excluding steroid dienone is 8. The van der Waals surface area contributed by atoms with Crippen molar-refractivity contribution in [1.82, 2.24) is 0 Å². The molecule has 1 fully saturated rings. The van der Waals surface area contributed by atoms with E-state index in [4.69, 9.17) is 9.47 Å². The molecule has 0 heterocycles. The van der Waals surface area contributed by atoms with Crippen molar-refractivity contribution in [2.24, 2.45) is 23.7 Å². The Morgan fingerprint density at radius 3 is 2.04 bits per heavy atom. The lowest BCUT2D eigenvalue weighted by molar-refractivity contribution is -0.149. The van der Waals surface area contributed by atoms with Gasteiger partial charge in [-0.3, -0.25) is 24.0 Å². The molecule has 1 saturated carbocycles. The topological polar surface area (TPSA) is 104 Å². The van der Waals surface area contributed by atoms with Crippen molar-refractivity contribution >= 4 is 29.3 Å². The molecule has 4 atom stereocenters. The van der Waals surface area contributed by atoms with Crippen LogP contribution in [0.4, 0.5) is 0 Å². The van der Waals surface area contributed by atoms with Gasteiger partial charge in [0.2, 0.25) is 0 Å². The zero-order valence-corrected chi connectivity index (χ0v) is 15.1. The first-order valence-corrected chi connectivity index (χ1v) is 8.47. The van der Waals surface area contributed by atoms with E-state index in [1.54, 1.807) is 12.2 Å². The molecule has 4 unspecified atom stereocenters. The molecule has 7 heteroatoms. The van der Waals surface area contributed by atoms with Gasteiger partial charge in [-0.2, -0.15) is 0 Å². The van der Waals surface area contributed by atoms with Gasteiger partial charge in [0.15, 0.2) is 11.6 Å². The average Bonchev–Trinajstić information content (AvgIpc) is 2.57. The first-order chi connectivity index (χ1) is 12.7. The molecule has 3 rings (SSSR count). The highest BCUT2D eigenvalue weighted by Gasteiger charge is 2.53. The lowest BCUT2D eigenvalue weighted by Gasteiger charge is -2.40. The molecule has 3 aliphatic carbocycles. The van der Waals surface area contributed by atoms with E-state index in [-0.39, 0.29) is 28.7 Å². The maximum atomic E-state index is 13.2. The van der Waals surface area contributed by atoms with Crippen LogP contribution in [-0.2, 0) is 33.4 Å². The third-order valence-corrected chi connectivity index (χ3v) is 4.77. The minimum Gasteiger partial charge on any atom is -0.430 e. The Morgan fingerprint density at radius 2 is 1.44 bits per heavy atom. The number of rotatable bonds is 3. The molecule has 140 valence electrons. The molecule has 0 aromatic carbocycles. The summed E-state index contributed by atoms with van der Waals surface area (Å²) in [6.45, 7) is 3.71. The maximum Gasteiger partial charge on any atom is 0.307 e. The number of carbonyl (C=O) groups is 5. The Hall–Kier alpha value is -3.09. The fourth-order valence-corrected chi connectivity index (χ4v) is 3.72. The second kappa shape index (κ2) is 6.90. The molecular formula is C20H18O7. The summed E-state index contributed by atoms with van der Waals surface area (Å²) in [5, 5.41) is 0.